The maximum Gasteiger partial charge on any atom is 0.229 e. The lowest BCUT2D eigenvalue weighted by molar-refractivity contribution is -0.138. The van der Waals surface area contributed by atoms with Crippen LogP contribution in [0.5, 0.6) is 0 Å². The van der Waals surface area contributed by atoms with Crippen LogP contribution in [0.3, 0.4) is 0 Å². The van der Waals surface area contributed by atoms with Crippen molar-refractivity contribution < 1.29 is 4.79 Å². The maximum absolute atomic E-state index is 12.1. The van der Waals surface area contributed by atoms with Gasteiger partial charge in [0.05, 0.1) is 5.41 Å². The Labute approximate surface area is 108 Å². The van der Waals surface area contributed by atoms with E-state index in [0.29, 0.717) is 6.54 Å². The number of hydrogen-bond acceptors (Lipinski definition) is 3. The lowest BCUT2D eigenvalue weighted by Crippen LogP contribution is -2.43. The molecule has 96 valence electrons. The topological polar surface area (TPSA) is 46.3 Å². The molecule has 0 unspecified atom stereocenters. The number of thiophene rings is 1. The van der Waals surface area contributed by atoms with Crippen LogP contribution in [-0.2, 0) is 11.2 Å². The van der Waals surface area contributed by atoms with E-state index < -0.39 is 5.41 Å². The summed E-state index contributed by atoms with van der Waals surface area (Å²) in [5.41, 5.74) is 6.47. The summed E-state index contributed by atoms with van der Waals surface area (Å²) in [5.74, 6) is 0.120. The highest BCUT2D eigenvalue weighted by Crippen LogP contribution is 2.19. The average molecular weight is 254 g/mol. The minimum Gasteiger partial charge on any atom is -0.345 e. The molecule has 0 aliphatic rings. The van der Waals surface area contributed by atoms with Crippen molar-refractivity contribution >= 4 is 17.2 Å². The van der Waals surface area contributed by atoms with Crippen molar-refractivity contribution in [3.05, 3.63) is 21.9 Å². The maximum atomic E-state index is 12.1. The fourth-order valence-electron chi connectivity index (χ4n) is 1.63. The third-order valence-corrected chi connectivity index (χ3v) is 4.16. The van der Waals surface area contributed by atoms with Gasteiger partial charge in [-0.05, 0) is 44.2 Å². The minimum atomic E-state index is -0.459. The van der Waals surface area contributed by atoms with Gasteiger partial charge in [0.1, 0.15) is 0 Å². The first-order valence-electron chi connectivity index (χ1n) is 5.87. The van der Waals surface area contributed by atoms with Crippen LogP contribution in [-0.4, -0.2) is 30.9 Å². The third kappa shape index (κ3) is 3.54. The first-order valence-corrected chi connectivity index (χ1v) is 6.75. The fourth-order valence-corrected chi connectivity index (χ4v) is 2.53. The predicted molar refractivity (Wildman–Crippen MR) is 73.2 cm³/mol. The second kappa shape index (κ2) is 5.65. The van der Waals surface area contributed by atoms with Gasteiger partial charge in [0.2, 0.25) is 5.91 Å². The molecule has 1 aromatic heterocycles. The van der Waals surface area contributed by atoms with Gasteiger partial charge in [0.15, 0.2) is 0 Å². The number of likely N-dealkylation sites (N-methyl/N-ethyl adjacent to an activating group) is 1. The van der Waals surface area contributed by atoms with Crippen LogP contribution in [0.1, 0.15) is 24.3 Å². The van der Waals surface area contributed by atoms with Gasteiger partial charge >= 0.3 is 0 Å². The Morgan fingerprint density at radius 2 is 2.18 bits per heavy atom. The smallest absolute Gasteiger partial charge is 0.229 e. The average Bonchev–Trinajstić information content (AvgIpc) is 2.70. The van der Waals surface area contributed by atoms with E-state index in [1.54, 1.807) is 16.2 Å². The molecule has 0 aromatic carbocycles. The van der Waals surface area contributed by atoms with Crippen molar-refractivity contribution in [2.24, 2.45) is 11.1 Å². The zero-order valence-electron chi connectivity index (χ0n) is 11.1. The Kier molecular flexibility index (Phi) is 4.71. The molecular weight excluding hydrogens is 232 g/mol. The number of aryl methyl sites for hydroxylation is 1. The largest absolute Gasteiger partial charge is 0.345 e. The van der Waals surface area contributed by atoms with Gasteiger partial charge in [0, 0.05) is 25.0 Å². The molecule has 0 fully saturated rings. The van der Waals surface area contributed by atoms with Crippen molar-refractivity contribution in [1.82, 2.24) is 4.90 Å². The van der Waals surface area contributed by atoms with Crippen molar-refractivity contribution in [2.75, 3.05) is 20.1 Å². The van der Waals surface area contributed by atoms with Crippen LogP contribution in [0.2, 0.25) is 0 Å². The monoisotopic (exact) mass is 254 g/mol. The summed E-state index contributed by atoms with van der Waals surface area (Å²) in [4.78, 5) is 15.2. The summed E-state index contributed by atoms with van der Waals surface area (Å²) < 4.78 is 0. The molecule has 0 spiro atoms. The van der Waals surface area contributed by atoms with Gasteiger partial charge < -0.3 is 10.6 Å². The van der Waals surface area contributed by atoms with Crippen molar-refractivity contribution in [2.45, 2.75) is 27.2 Å². The molecule has 0 saturated heterocycles. The van der Waals surface area contributed by atoms with Crippen molar-refractivity contribution in [1.29, 1.82) is 0 Å². The molecule has 0 aliphatic heterocycles. The number of nitrogens with zero attached hydrogens (tertiary/aromatic N) is 1. The second-order valence-electron chi connectivity index (χ2n) is 5.09. The molecule has 2 N–H and O–H groups in total. The number of hydrogen-bond donors (Lipinski definition) is 1. The molecule has 1 amide bonds. The zero-order valence-corrected chi connectivity index (χ0v) is 11.9. The Bertz CT molecular complexity index is 385. The van der Waals surface area contributed by atoms with Crippen LogP contribution in [0.25, 0.3) is 0 Å². The number of carbonyl (C=O) groups is 1. The van der Waals surface area contributed by atoms with Gasteiger partial charge in [-0.15, -0.1) is 11.3 Å². The molecule has 0 radical (unpaired) electrons. The van der Waals surface area contributed by atoms with Gasteiger partial charge in [-0.2, -0.15) is 0 Å². The second-order valence-corrected chi connectivity index (χ2v) is 6.09. The van der Waals surface area contributed by atoms with E-state index in [1.807, 2.05) is 20.9 Å². The Morgan fingerprint density at radius 3 is 2.65 bits per heavy atom. The van der Waals surface area contributed by atoms with E-state index in [1.165, 1.54) is 10.4 Å². The zero-order chi connectivity index (χ0) is 13.1. The van der Waals surface area contributed by atoms with Gasteiger partial charge in [-0.25, -0.2) is 0 Å². The highest BCUT2D eigenvalue weighted by Gasteiger charge is 2.28. The van der Waals surface area contributed by atoms with Gasteiger partial charge in [-0.1, -0.05) is 0 Å². The van der Waals surface area contributed by atoms with E-state index in [2.05, 4.69) is 18.4 Å². The molecule has 3 nitrogen and oxygen atoms in total. The molecule has 4 heteroatoms. The van der Waals surface area contributed by atoms with Crippen LogP contribution in [0, 0.1) is 12.3 Å². The molecule has 1 aromatic rings. The summed E-state index contributed by atoms with van der Waals surface area (Å²) >= 11 is 1.75. The molecule has 0 aliphatic carbocycles. The standard InChI is InChI=1S/C13H22N2OS/c1-10-6-8-17-11(10)5-7-15(4)12(16)13(2,3)9-14/h6,8H,5,7,9,14H2,1-4H3. The lowest BCUT2D eigenvalue weighted by atomic mass is 9.92. The van der Waals surface area contributed by atoms with Gasteiger partial charge in [-0.3, -0.25) is 4.79 Å². The lowest BCUT2D eigenvalue weighted by Gasteiger charge is -2.28. The number of nitrogens with two attached hydrogens (primary N) is 1. The number of amides is 1. The summed E-state index contributed by atoms with van der Waals surface area (Å²) in [7, 11) is 1.85. The van der Waals surface area contributed by atoms with Crippen LogP contribution in [0.15, 0.2) is 11.4 Å². The van der Waals surface area contributed by atoms with E-state index in [9.17, 15) is 4.79 Å². The molecule has 1 rings (SSSR count). The summed E-state index contributed by atoms with van der Waals surface area (Å²) in [6, 6.07) is 2.12. The normalized spacial score (nSPS) is 11.6. The third-order valence-electron chi connectivity index (χ3n) is 3.08. The summed E-state index contributed by atoms with van der Waals surface area (Å²) in [5, 5.41) is 2.09. The Hall–Kier alpha value is -0.870. The Balaban J connectivity index is 2.53. The number of carbonyl (C=O) groups excluding carboxylic acids is 1. The molecule has 0 saturated carbocycles. The molecule has 17 heavy (non-hydrogen) atoms. The minimum absolute atomic E-state index is 0.120. The molecule has 0 bridgehead atoms. The molecular formula is C13H22N2OS. The Morgan fingerprint density at radius 1 is 1.53 bits per heavy atom. The molecule has 0 atom stereocenters. The number of rotatable bonds is 5. The van der Waals surface area contributed by atoms with Crippen molar-refractivity contribution in [3.8, 4) is 0 Å². The first-order chi connectivity index (χ1) is 7.88. The highest BCUT2D eigenvalue weighted by atomic mass is 32.1. The predicted octanol–water partition coefficient (Wildman–Crippen LogP) is 2.04. The summed E-state index contributed by atoms with van der Waals surface area (Å²) in [6.07, 6.45) is 0.923. The summed E-state index contributed by atoms with van der Waals surface area (Å²) in [6.45, 7) is 7.03. The SMILES string of the molecule is Cc1ccsc1CCN(C)C(=O)C(C)(C)CN. The van der Waals surface area contributed by atoms with E-state index in [4.69, 9.17) is 5.73 Å². The fraction of sp³-hybridized carbons (Fsp3) is 0.615. The quantitative estimate of drug-likeness (QED) is 0.874. The first kappa shape index (κ1) is 14.2. The highest BCUT2D eigenvalue weighted by molar-refractivity contribution is 7.10. The molecule has 1 heterocycles. The van der Waals surface area contributed by atoms with Gasteiger partial charge in [0.25, 0.3) is 0 Å². The van der Waals surface area contributed by atoms with Crippen LogP contribution in [0.4, 0.5) is 0 Å². The van der Waals surface area contributed by atoms with E-state index in [0.717, 1.165) is 13.0 Å². The van der Waals surface area contributed by atoms with Crippen LogP contribution < -0.4 is 5.73 Å². The van der Waals surface area contributed by atoms with Crippen molar-refractivity contribution in [3.63, 3.8) is 0 Å². The van der Waals surface area contributed by atoms with E-state index in [-0.39, 0.29) is 5.91 Å². The van der Waals surface area contributed by atoms with Crippen LogP contribution >= 0.6 is 11.3 Å². The van der Waals surface area contributed by atoms with E-state index >= 15 is 0 Å².